The lowest BCUT2D eigenvalue weighted by atomic mass is 10.1. The third-order valence-electron chi connectivity index (χ3n) is 5.65. The Morgan fingerprint density at radius 2 is 1.42 bits per heavy atom. The van der Waals surface area contributed by atoms with Crippen LogP contribution in [-0.2, 0) is 16.4 Å². The van der Waals surface area contributed by atoms with Crippen molar-refractivity contribution in [3.05, 3.63) is 120 Å². The van der Waals surface area contributed by atoms with Crippen molar-refractivity contribution in [2.45, 2.75) is 18.2 Å². The fourth-order valence-corrected chi connectivity index (χ4v) is 5.30. The van der Waals surface area contributed by atoms with Crippen LogP contribution in [0.4, 0.5) is 11.4 Å². The lowest BCUT2D eigenvalue weighted by Crippen LogP contribution is -2.30. The predicted octanol–water partition coefficient (Wildman–Crippen LogP) is 5.78. The molecule has 1 amide bonds. The van der Waals surface area contributed by atoms with E-state index in [4.69, 9.17) is 4.74 Å². The van der Waals surface area contributed by atoms with Crippen LogP contribution in [0.5, 0.6) is 5.75 Å². The van der Waals surface area contributed by atoms with Crippen LogP contribution in [0.25, 0.3) is 0 Å². The molecule has 0 heterocycles. The van der Waals surface area contributed by atoms with Gasteiger partial charge in [0.05, 0.1) is 22.8 Å². The van der Waals surface area contributed by atoms with Gasteiger partial charge in [-0.3, -0.25) is 9.10 Å². The molecule has 4 aromatic carbocycles. The van der Waals surface area contributed by atoms with Gasteiger partial charge in [0.15, 0.2) is 0 Å². The van der Waals surface area contributed by atoms with Gasteiger partial charge in [-0.05, 0) is 61.0 Å². The fourth-order valence-electron chi connectivity index (χ4n) is 3.83. The number of carbonyl (C=O) groups is 1. The molecule has 0 saturated carbocycles. The molecule has 0 atom stereocenters. The van der Waals surface area contributed by atoms with E-state index in [0.29, 0.717) is 35.8 Å². The van der Waals surface area contributed by atoms with Crippen molar-refractivity contribution in [3.8, 4) is 5.75 Å². The van der Waals surface area contributed by atoms with Crippen LogP contribution >= 0.6 is 0 Å². The third-order valence-corrected chi connectivity index (χ3v) is 7.57. The van der Waals surface area contributed by atoms with Crippen molar-refractivity contribution in [3.63, 3.8) is 0 Å². The van der Waals surface area contributed by atoms with Crippen LogP contribution in [0.3, 0.4) is 0 Å². The minimum absolute atomic E-state index is 0.149. The van der Waals surface area contributed by atoms with E-state index in [2.05, 4.69) is 5.32 Å². The second-order valence-electron chi connectivity index (χ2n) is 8.06. The van der Waals surface area contributed by atoms with Gasteiger partial charge in [0, 0.05) is 18.7 Å². The van der Waals surface area contributed by atoms with Crippen molar-refractivity contribution in [2.24, 2.45) is 0 Å². The number of hydrogen-bond acceptors (Lipinski definition) is 4. The molecule has 7 heteroatoms. The maximum Gasteiger partial charge on any atom is 0.264 e. The number of sulfonamides is 1. The molecule has 0 saturated heterocycles. The number of benzene rings is 4. The number of nitrogens with one attached hydrogen (secondary N) is 1. The Kier molecular flexibility index (Phi) is 8.02. The van der Waals surface area contributed by atoms with Gasteiger partial charge in [-0.1, -0.05) is 60.7 Å². The average molecular weight is 501 g/mol. The SMILES string of the molecule is CCN(c1ccccc1)S(=O)(=O)c1ccc(NC(=O)c2ccccc2OCCc2ccccc2)cc1. The second-order valence-corrected chi connectivity index (χ2v) is 9.93. The number of carbonyl (C=O) groups excluding carboxylic acids is 1. The molecule has 1 N–H and O–H groups in total. The van der Waals surface area contributed by atoms with Gasteiger partial charge in [0.25, 0.3) is 15.9 Å². The monoisotopic (exact) mass is 500 g/mol. The summed E-state index contributed by atoms with van der Waals surface area (Å²) in [6.07, 6.45) is 0.727. The van der Waals surface area contributed by atoms with E-state index in [-0.39, 0.29) is 10.8 Å². The van der Waals surface area contributed by atoms with Crippen molar-refractivity contribution in [1.29, 1.82) is 0 Å². The first-order valence-corrected chi connectivity index (χ1v) is 13.2. The number of ether oxygens (including phenoxy) is 1. The van der Waals surface area contributed by atoms with Crippen molar-refractivity contribution >= 4 is 27.3 Å². The maximum atomic E-state index is 13.2. The van der Waals surface area contributed by atoms with E-state index in [0.717, 1.165) is 12.0 Å². The zero-order chi connectivity index (χ0) is 25.4. The molecule has 184 valence electrons. The minimum atomic E-state index is -3.74. The van der Waals surface area contributed by atoms with Crippen molar-refractivity contribution in [2.75, 3.05) is 22.8 Å². The highest BCUT2D eigenvalue weighted by Crippen LogP contribution is 2.25. The highest BCUT2D eigenvalue weighted by atomic mass is 32.2. The van der Waals surface area contributed by atoms with Crippen LogP contribution in [0, 0.1) is 0 Å². The van der Waals surface area contributed by atoms with E-state index >= 15 is 0 Å². The molecule has 4 aromatic rings. The van der Waals surface area contributed by atoms with Gasteiger partial charge in [-0.15, -0.1) is 0 Å². The molecule has 0 fully saturated rings. The van der Waals surface area contributed by atoms with Crippen LogP contribution in [0.15, 0.2) is 114 Å². The number of nitrogens with zero attached hydrogens (tertiary/aromatic N) is 1. The molecule has 0 aliphatic heterocycles. The number of para-hydroxylation sites is 2. The Morgan fingerprint density at radius 3 is 2.08 bits per heavy atom. The van der Waals surface area contributed by atoms with E-state index in [1.165, 1.54) is 16.4 Å². The molecule has 0 unspecified atom stereocenters. The second kappa shape index (κ2) is 11.6. The lowest BCUT2D eigenvalue weighted by Gasteiger charge is -2.23. The van der Waals surface area contributed by atoms with Crippen molar-refractivity contribution < 1.29 is 17.9 Å². The highest BCUT2D eigenvalue weighted by Gasteiger charge is 2.23. The minimum Gasteiger partial charge on any atom is -0.492 e. The van der Waals surface area contributed by atoms with Gasteiger partial charge in [0.2, 0.25) is 0 Å². The molecule has 0 bridgehead atoms. The standard InChI is InChI=1S/C29H28N2O4S/c1-2-31(25-13-7-4-8-14-25)36(33,34)26-19-17-24(18-20-26)30-29(32)27-15-9-10-16-28(27)35-22-21-23-11-5-3-6-12-23/h3-20H,2,21-22H2,1H3,(H,30,32). The summed E-state index contributed by atoms with van der Waals surface area (Å²) >= 11 is 0. The van der Waals surface area contributed by atoms with Gasteiger partial charge in [-0.25, -0.2) is 8.42 Å². The first-order valence-electron chi connectivity index (χ1n) is 11.7. The van der Waals surface area contributed by atoms with Gasteiger partial charge in [-0.2, -0.15) is 0 Å². The first-order chi connectivity index (χ1) is 17.5. The Bertz CT molecular complexity index is 1390. The van der Waals surface area contributed by atoms with Crippen LogP contribution < -0.4 is 14.4 Å². The summed E-state index contributed by atoms with van der Waals surface area (Å²) in [4.78, 5) is 13.1. The molecular formula is C29H28N2O4S. The maximum absolute atomic E-state index is 13.2. The van der Waals surface area contributed by atoms with Crippen LogP contribution in [0.2, 0.25) is 0 Å². The molecule has 0 radical (unpaired) electrons. The van der Waals surface area contributed by atoms with Crippen LogP contribution in [-0.4, -0.2) is 27.5 Å². The summed E-state index contributed by atoms with van der Waals surface area (Å²) in [5.74, 6) is 0.159. The third kappa shape index (κ3) is 5.93. The molecule has 4 rings (SSSR count). The normalized spacial score (nSPS) is 11.0. The van der Waals surface area contributed by atoms with E-state index < -0.39 is 10.0 Å². The smallest absolute Gasteiger partial charge is 0.264 e. The Labute approximate surface area is 212 Å². The Balaban J connectivity index is 1.44. The summed E-state index contributed by atoms with van der Waals surface area (Å²) in [6.45, 7) is 2.53. The zero-order valence-corrected chi connectivity index (χ0v) is 20.8. The largest absolute Gasteiger partial charge is 0.492 e. The lowest BCUT2D eigenvalue weighted by molar-refractivity contribution is 0.102. The topological polar surface area (TPSA) is 75.7 Å². The molecule has 36 heavy (non-hydrogen) atoms. The van der Waals surface area contributed by atoms with Crippen molar-refractivity contribution in [1.82, 2.24) is 0 Å². The summed E-state index contributed by atoms with van der Waals surface area (Å²) in [5.41, 5.74) is 2.65. The molecule has 0 aliphatic carbocycles. The summed E-state index contributed by atoms with van der Waals surface area (Å²) in [6, 6.07) is 32.2. The molecule has 0 aliphatic rings. The number of anilines is 2. The number of hydrogen-bond donors (Lipinski definition) is 1. The van der Waals surface area contributed by atoms with E-state index in [1.807, 2.05) is 42.5 Å². The predicted molar refractivity (Wildman–Crippen MR) is 143 cm³/mol. The first kappa shape index (κ1) is 25.0. The Hall–Kier alpha value is -4.10. The van der Waals surface area contributed by atoms with Gasteiger partial charge in [0.1, 0.15) is 5.75 Å². The molecular weight excluding hydrogens is 472 g/mol. The summed E-state index contributed by atoms with van der Waals surface area (Å²) in [7, 11) is -3.74. The van der Waals surface area contributed by atoms with E-state index in [9.17, 15) is 13.2 Å². The Morgan fingerprint density at radius 1 is 0.806 bits per heavy atom. The summed E-state index contributed by atoms with van der Waals surface area (Å²) in [5, 5.41) is 2.83. The van der Waals surface area contributed by atoms with E-state index in [1.54, 1.807) is 61.5 Å². The average Bonchev–Trinajstić information content (AvgIpc) is 2.91. The summed E-state index contributed by atoms with van der Waals surface area (Å²) < 4.78 is 33.6. The molecule has 0 aromatic heterocycles. The fraction of sp³-hybridized carbons (Fsp3) is 0.138. The molecule has 0 spiro atoms. The number of rotatable bonds is 10. The van der Waals surface area contributed by atoms with Gasteiger partial charge < -0.3 is 10.1 Å². The van der Waals surface area contributed by atoms with Crippen LogP contribution in [0.1, 0.15) is 22.8 Å². The highest BCUT2D eigenvalue weighted by molar-refractivity contribution is 7.92. The van der Waals surface area contributed by atoms with Gasteiger partial charge >= 0.3 is 0 Å². The zero-order valence-electron chi connectivity index (χ0n) is 20.0. The number of amides is 1. The quantitative estimate of drug-likeness (QED) is 0.300. The molecule has 6 nitrogen and oxygen atoms in total.